The van der Waals surface area contributed by atoms with Crippen molar-refractivity contribution in [1.29, 1.82) is 0 Å². The summed E-state index contributed by atoms with van der Waals surface area (Å²) >= 11 is 1.81. The number of carboxylic acids is 1. The molecule has 3 rings (SSSR count). The summed E-state index contributed by atoms with van der Waals surface area (Å²) in [6.45, 7) is 13.9. The molecule has 1 aliphatic rings. The summed E-state index contributed by atoms with van der Waals surface area (Å²) in [6, 6.07) is 3.30. The molecule has 25 heavy (non-hydrogen) atoms. The van der Waals surface area contributed by atoms with E-state index in [1.54, 1.807) is 12.1 Å². The van der Waals surface area contributed by atoms with Gasteiger partial charge in [-0.15, -0.1) is 11.3 Å². The van der Waals surface area contributed by atoms with Crippen molar-refractivity contribution in [2.75, 3.05) is 5.32 Å². The molecule has 0 saturated heterocycles. The van der Waals surface area contributed by atoms with Gasteiger partial charge >= 0.3 is 5.97 Å². The van der Waals surface area contributed by atoms with Gasteiger partial charge in [0, 0.05) is 16.5 Å². The van der Waals surface area contributed by atoms with Gasteiger partial charge in [-0.05, 0) is 47.9 Å². The Hall–Kier alpha value is -1.88. The Morgan fingerprint density at radius 1 is 1.32 bits per heavy atom. The SMILES string of the molecule is Cc1c(Nc2ccc(C(=O)O)cn2)sc2c1C(C)(C)CC(C)C2(C)C. The first-order valence-corrected chi connectivity index (χ1v) is 9.46. The zero-order valence-electron chi connectivity index (χ0n) is 15.7. The highest BCUT2D eigenvalue weighted by molar-refractivity contribution is 7.16. The Bertz CT molecular complexity index is 819. The van der Waals surface area contributed by atoms with E-state index in [1.807, 2.05) is 11.3 Å². The molecular weight excluding hydrogens is 332 g/mol. The highest BCUT2D eigenvalue weighted by Gasteiger charge is 2.44. The fraction of sp³-hybridized carbons (Fsp3) is 0.500. The molecule has 1 unspecified atom stereocenters. The van der Waals surface area contributed by atoms with E-state index in [9.17, 15) is 4.79 Å². The van der Waals surface area contributed by atoms with E-state index in [0.29, 0.717) is 11.7 Å². The quantitative estimate of drug-likeness (QED) is 0.762. The van der Waals surface area contributed by atoms with Crippen molar-refractivity contribution >= 4 is 28.1 Å². The summed E-state index contributed by atoms with van der Waals surface area (Å²) in [7, 11) is 0. The third-order valence-corrected chi connectivity index (χ3v) is 7.26. The number of pyridine rings is 1. The van der Waals surface area contributed by atoms with Crippen molar-refractivity contribution < 1.29 is 9.90 Å². The van der Waals surface area contributed by atoms with Crippen LogP contribution in [0.2, 0.25) is 0 Å². The lowest BCUT2D eigenvalue weighted by atomic mass is 9.61. The lowest BCUT2D eigenvalue weighted by Crippen LogP contribution is -2.39. The summed E-state index contributed by atoms with van der Waals surface area (Å²) in [5, 5.41) is 13.5. The number of aromatic carboxylic acids is 1. The van der Waals surface area contributed by atoms with Crippen LogP contribution in [-0.4, -0.2) is 16.1 Å². The van der Waals surface area contributed by atoms with Crippen LogP contribution in [0.3, 0.4) is 0 Å². The fourth-order valence-corrected chi connectivity index (χ4v) is 5.57. The largest absolute Gasteiger partial charge is 0.478 e. The van der Waals surface area contributed by atoms with Crippen LogP contribution in [0.4, 0.5) is 10.8 Å². The molecule has 2 heterocycles. The van der Waals surface area contributed by atoms with Crippen molar-refractivity contribution in [2.24, 2.45) is 5.92 Å². The maximum Gasteiger partial charge on any atom is 0.337 e. The van der Waals surface area contributed by atoms with E-state index < -0.39 is 5.97 Å². The zero-order valence-corrected chi connectivity index (χ0v) is 16.5. The predicted molar refractivity (Wildman–Crippen MR) is 103 cm³/mol. The maximum absolute atomic E-state index is 11.0. The number of thiophene rings is 1. The number of carboxylic acid groups (broad SMARTS) is 1. The summed E-state index contributed by atoms with van der Waals surface area (Å²) < 4.78 is 0. The van der Waals surface area contributed by atoms with Crippen LogP contribution in [0, 0.1) is 12.8 Å². The minimum absolute atomic E-state index is 0.154. The zero-order chi connectivity index (χ0) is 18.6. The minimum Gasteiger partial charge on any atom is -0.478 e. The minimum atomic E-state index is -0.959. The number of aromatic nitrogens is 1. The molecule has 4 nitrogen and oxygen atoms in total. The van der Waals surface area contributed by atoms with Crippen LogP contribution >= 0.6 is 11.3 Å². The molecule has 2 N–H and O–H groups in total. The van der Waals surface area contributed by atoms with Gasteiger partial charge in [-0.2, -0.15) is 0 Å². The second-order valence-electron chi connectivity index (χ2n) is 8.33. The first kappa shape index (κ1) is 17.9. The first-order valence-electron chi connectivity index (χ1n) is 8.64. The summed E-state index contributed by atoms with van der Waals surface area (Å²) in [4.78, 5) is 16.7. The number of rotatable bonds is 3. The second kappa shape index (κ2) is 5.84. The van der Waals surface area contributed by atoms with E-state index in [4.69, 9.17) is 5.11 Å². The van der Waals surface area contributed by atoms with E-state index in [0.717, 1.165) is 5.00 Å². The smallest absolute Gasteiger partial charge is 0.337 e. The molecule has 1 atom stereocenters. The summed E-state index contributed by atoms with van der Waals surface area (Å²) in [6.07, 6.45) is 2.57. The van der Waals surface area contributed by atoms with Gasteiger partial charge in [0.25, 0.3) is 0 Å². The van der Waals surface area contributed by atoms with E-state index in [-0.39, 0.29) is 16.4 Å². The second-order valence-corrected chi connectivity index (χ2v) is 9.35. The van der Waals surface area contributed by atoms with E-state index in [2.05, 4.69) is 51.8 Å². The summed E-state index contributed by atoms with van der Waals surface area (Å²) in [5.41, 5.74) is 3.26. The third kappa shape index (κ3) is 2.95. The Morgan fingerprint density at radius 3 is 2.56 bits per heavy atom. The number of nitrogens with zero attached hydrogens (tertiary/aromatic N) is 1. The summed E-state index contributed by atoms with van der Waals surface area (Å²) in [5.74, 6) is 0.337. The number of carbonyl (C=O) groups is 1. The number of hydrogen-bond donors (Lipinski definition) is 2. The highest BCUT2D eigenvalue weighted by Crippen LogP contribution is 2.55. The topological polar surface area (TPSA) is 62.2 Å². The van der Waals surface area contributed by atoms with Gasteiger partial charge in [-0.1, -0.05) is 34.6 Å². The molecule has 0 bridgehead atoms. The molecule has 0 aromatic carbocycles. The van der Waals surface area contributed by atoms with Gasteiger partial charge in [0.05, 0.1) is 10.6 Å². The lowest BCUT2D eigenvalue weighted by molar-refractivity contribution is 0.0696. The molecule has 0 amide bonds. The molecule has 0 spiro atoms. The van der Waals surface area contributed by atoms with Crippen LogP contribution in [0.5, 0.6) is 0 Å². The maximum atomic E-state index is 11.0. The molecule has 0 saturated carbocycles. The predicted octanol–water partition coefficient (Wildman–Crippen LogP) is 5.49. The van der Waals surface area contributed by atoms with Crippen LogP contribution in [0.15, 0.2) is 18.3 Å². The molecule has 1 aliphatic carbocycles. The van der Waals surface area contributed by atoms with Crippen LogP contribution in [0.1, 0.15) is 67.4 Å². The Labute approximate surface area is 153 Å². The lowest BCUT2D eigenvalue weighted by Gasteiger charge is -2.44. The number of anilines is 2. The number of fused-ring (bicyclic) bond motifs is 1. The average Bonchev–Trinajstić information content (AvgIpc) is 2.85. The van der Waals surface area contributed by atoms with Gasteiger partial charge in [-0.25, -0.2) is 9.78 Å². The number of hydrogen-bond acceptors (Lipinski definition) is 4. The van der Waals surface area contributed by atoms with Crippen molar-refractivity contribution in [3.8, 4) is 0 Å². The van der Waals surface area contributed by atoms with Crippen molar-refractivity contribution in [2.45, 2.75) is 58.8 Å². The molecule has 134 valence electrons. The van der Waals surface area contributed by atoms with Gasteiger partial charge in [0.2, 0.25) is 0 Å². The standard InChI is InChI=1S/C20H26N2O2S/c1-11-9-19(3,4)15-12(2)17(25-16(15)20(11,5)6)22-14-8-7-13(10-21-14)18(23)24/h7-8,10-11H,9H2,1-6H3,(H,21,22)(H,23,24). The van der Waals surface area contributed by atoms with Crippen LogP contribution in [0.25, 0.3) is 0 Å². The van der Waals surface area contributed by atoms with Gasteiger partial charge in [0.1, 0.15) is 5.82 Å². The van der Waals surface area contributed by atoms with Gasteiger partial charge in [-0.3, -0.25) is 0 Å². The molecular formula is C20H26N2O2S. The highest BCUT2D eigenvalue weighted by atomic mass is 32.1. The van der Waals surface area contributed by atoms with Crippen molar-refractivity contribution in [3.63, 3.8) is 0 Å². The molecule has 2 aromatic heterocycles. The molecule has 0 radical (unpaired) electrons. The molecule has 0 aliphatic heterocycles. The third-order valence-electron chi connectivity index (χ3n) is 5.71. The molecule has 5 heteroatoms. The van der Waals surface area contributed by atoms with Crippen molar-refractivity contribution in [3.05, 3.63) is 39.9 Å². The Morgan fingerprint density at radius 2 is 2.00 bits per heavy atom. The first-order chi connectivity index (χ1) is 11.5. The van der Waals surface area contributed by atoms with Crippen LogP contribution in [-0.2, 0) is 10.8 Å². The normalized spacial score (nSPS) is 20.8. The van der Waals surface area contributed by atoms with Gasteiger partial charge in [0.15, 0.2) is 0 Å². The van der Waals surface area contributed by atoms with Gasteiger partial charge < -0.3 is 10.4 Å². The fourth-order valence-electron chi connectivity index (χ4n) is 3.96. The van der Waals surface area contributed by atoms with Crippen LogP contribution < -0.4 is 5.32 Å². The monoisotopic (exact) mass is 358 g/mol. The molecule has 2 aromatic rings. The molecule has 0 fully saturated rings. The number of nitrogens with one attached hydrogen (secondary N) is 1. The van der Waals surface area contributed by atoms with Crippen molar-refractivity contribution in [1.82, 2.24) is 4.98 Å². The Balaban J connectivity index is 2.01. The average molecular weight is 359 g/mol. The Kier molecular flexibility index (Phi) is 4.18. The van der Waals surface area contributed by atoms with E-state index >= 15 is 0 Å². The van der Waals surface area contributed by atoms with E-state index in [1.165, 1.54) is 28.6 Å².